The summed E-state index contributed by atoms with van der Waals surface area (Å²) in [5.41, 5.74) is 9.75. The Labute approximate surface area is 132 Å². The van der Waals surface area contributed by atoms with E-state index in [1.807, 2.05) is 27.7 Å². The molecule has 2 aromatic rings. The number of aromatic nitrogens is 2. The third-order valence-corrected chi connectivity index (χ3v) is 4.93. The first-order valence-electron chi connectivity index (χ1n) is 6.51. The highest BCUT2D eigenvalue weighted by Gasteiger charge is 2.18. The lowest BCUT2D eigenvalue weighted by Crippen LogP contribution is -2.23. The fourth-order valence-electron chi connectivity index (χ4n) is 2.07. The topological polar surface area (TPSA) is 80.9 Å². The maximum absolute atomic E-state index is 12.3. The molecule has 1 atom stereocenters. The Morgan fingerprint density at radius 3 is 2.43 bits per heavy atom. The third kappa shape index (κ3) is 3.95. The van der Waals surface area contributed by atoms with Crippen molar-refractivity contribution in [2.45, 2.75) is 37.3 Å². The molecular formula is C14H18N4OS2. The highest BCUT2D eigenvalue weighted by Crippen LogP contribution is 2.29. The minimum atomic E-state index is -0.266. The number of anilines is 2. The van der Waals surface area contributed by atoms with Gasteiger partial charge in [-0.2, -0.15) is 0 Å². The van der Waals surface area contributed by atoms with Crippen molar-refractivity contribution < 1.29 is 4.79 Å². The molecule has 0 radical (unpaired) electrons. The number of thioether (sulfide) groups is 1. The molecule has 112 valence electrons. The van der Waals surface area contributed by atoms with Crippen molar-refractivity contribution in [3.05, 3.63) is 28.8 Å². The number of nitrogens with two attached hydrogens (primary N) is 1. The van der Waals surface area contributed by atoms with Crippen LogP contribution >= 0.6 is 23.1 Å². The summed E-state index contributed by atoms with van der Waals surface area (Å²) in [6.45, 7) is 7.89. The zero-order valence-electron chi connectivity index (χ0n) is 12.4. The zero-order chi connectivity index (χ0) is 15.6. The van der Waals surface area contributed by atoms with Crippen molar-refractivity contribution in [1.82, 2.24) is 10.2 Å². The summed E-state index contributed by atoms with van der Waals surface area (Å²) in [5.74, 6) is -0.0520. The van der Waals surface area contributed by atoms with Crippen molar-refractivity contribution >= 4 is 39.8 Å². The molecular weight excluding hydrogens is 304 g/mol. The van der Waals surface area contributed by atoms with Gasteiger partial charge in [0.25, 0.3) is 0 Å². The van der Waals surface area contributed by atoms with Crippen molar-refractivity contribution in [3.63, 3.8) is 0 Å². The van der Waals surface area contributed by atoms with Crippen LogP contribution in [0.4, 0.5) is 10.8 Å². The molecule has 3 N–H and O–H groups in total. The Morgan fingerprint density at radius 1 is 1.29 bits per heavy atom. The van der Waals surface area contributed by atoms with Crippen LogP contribution in [0, 0.1) is 20.8 Å². The summed E-state index contributed by atoms with van der Waals surface area (Å²) in [5, 5.41) is 10.8. The summed E-state index contributed by atoms with van der Waals surface area (Å²) >= 11 is 2.65. The Hall–Kier alpha value is -1.60. The van der Waals surface area contributed by atoms with E-state index in [1.54, 1.807) is 0 Å². The number of amides is 1. The summed E-state index contributed by atoms with van der Waals surface area (Å²) < 4.78 is 0.701. The first-order chi connectivity index (χ1) is 9.86. The molecule has 0 saturated carbocycles. The Morgan fingerprint density at radius 2 is 1.90 bits per heavy atom. The Bertz CT molecular complexity index is 646. The van der Waals surface area contributed by atoms with Crippen molar-refractivity contribution in [2.75, 3.05) is 11.1 Å². The molecule has 0 aliphatic carbocycles. The maximum Gasteiger partial charge on any atom is 0.237 e. The van der Waals surface area contributed by atoms with Crippen LogP contribution in [0.5, 0.6) is 0 Å². The van der Waals surface area contributed by atoms with Crippen LogP contribution in [0.1, 0.15) is 23.6 Å². The number of hydrogen-bond donors (Lipinski definition) is 2. The van der Waals surface area contributed by atoms with Gasteiger partial charge in [0.15, 0.2) is 4.34 Å². The predicted molar refractivity (Wildman–Crippen MR) is 88.9 cm³/mol. The fourth-order valence-corrected chi connectivity index (χ4v) is 3.85. The molecule has 1 aromatic carbocycles. The highest BCUT2D eigenvalue weighted by molar-refractivity contribution is 8.02. The number of rotatable bonds is 4. The summed E-state index contributed by atoms with van der Waals surface area (Å²) in [6.07, 6.45) is 0. The van der Waals surface area contributed by atoms with Crippen LogP contribution < -0.4 is 11.1 Å². The van der Waals surface area contributed by atoms with Crippen LogP contribution in [0.15, 0.2) is 16.5 Å². The van der Waals surface area contributed by atoms with E-state index in [4.69, 9.17) is 5.73 Å². The molecule has 1 amide bonds. The second kappa shape index (κ2) is 6.44. The molecule has 1 unspecified atom stereocenters. The lowest BCUT2D eigenvalue weighted by atomic mass is 10.1. The van der Waals surface area contributed by atoms with Gasteiger partial charge >= 0.3 is 0 Å². The molecule has 0 saturated heterocycles. The van der Waals surface area contributed by atoms with Crippen molar-refractivity contribution in [1.29, 1.82) is 0 Å². The van der Waals surface area contributed by atoms with E-state index in [0.717, 1.165) is 16.8 Å². The molecule has 2 rings (SSSR count). The van der Waals surface area contributed by atoms with Crippen LogP contribution in [0.25, 0.3) is 0 Å². The van der Waals surface area contributed by atoms with Gasteiger partial charge in [-0.15, -0.1) is 10.2 Å². The SMILES string of the molecule is Cc1cc(C)c(NC(=O)C(C)Sc2nnc(N)s2)c(C)c1. The van der Waals surface area contributed by atoms with Crippen LogP contribution in [-0.2, 0) is 4.79 Å². The number of benzene rings is 1. The molecule has 0 aliphatic rings. The first-order valence-corrected chi connectivity index (χ1v) is 8.20. The zero-order valence-corrected chi connectivity index (χ0v) is 14.1. The van der Waals surface area contributed by atoms with Crippen LogP contribution in [0.3, 0.4) is 0 Å². The van der Waals surface area contributed by atoms with Crippen LogP contribution in [0.2, 0.25) is 0 Å². The quantitative estimate of drug-likeness (QED) is 0.845. The second-order valence-corrected chi connectivity index (χ2v) is 7.53. The largest absolute Gasteiger partial charge is 0.374 e. The predicted octanol–water partition coefficient (Wildman–Crippen LogP) is 3.16. The second-order valence-electron chi connectivity index (χ2n) is 4.93. The molecule has 21 heavy (non-hydrogen) atoms. The van der Waals surface area contributed by atoms with Gasteiger partial charge in [0.2, 0.25) is 11.0 Å². The standard InChI is InChI=1S/C14H18N4OS2/c1-7-5-8(2)11(9(3)6-7)16-12(19)10(4)20-14-18-17-13(15)21-14/h5-6,10H,1-4H3,(H2,15,17)(H,16,19). The molecule has 7 heteroatoms. The maximum atomic E-state index is 12.3. The summed E-state index contributed by atoms with van der Waals surface area (Å²) in [4.78, 5) is 12.3. The van der Waals surface area contributed by atoms with E-state index in [1.165, 1.54) is 28.7 Å². The van der Waals surface area contributed by atoms with Gasteiger partial charge in [0.1, 0.15) is 0 Å². The first kappa shape index (κ1) is 15.8. The van der Waals surface area contributed by atoms with Gasteiger partial charge in [0.05, 0.1) is 5.25 Å². The number of nitrogens with one attached hydrogen (secondary N) is 1. The number of aryl methyl sites for hydroxylation is 3. The number of nitrogen functional groups attached to an aromatic ring is 1. The Kier molecular flexibility index (Phi) is 4.84. The summed E-state index contributed by atoms with van der Waals surface area (Å²) in [6, 6.07) is 4.12. The molecule has 0 aliphatic heterocycles. The van der Waals surface area contributed by atoms with E-state index in [-0.39, 0.29) is 11.2 Å². The minimum absolute atomic E-state index is 0.0520. The number of hydrogen-bond acceptors (Lipinski definition) is 6. The van der Waals surface area contributed by atoms with Gasteiger partial charge in [-0.25, -0.2) is 0 Å². The van der Waals surface area contributed by atoms with E-state index in [0.29, 0.717) is 9.47 Å². The average Bonchev–Trinajstić information content (AvgIpc) is 2.78. The van der Waals surface area contributed by atoms with E-state index < -0.39 is 0 Å². The number of carbonyl (C=O) groups is 1. The Balaban J connectivity index is 2.07. The van der Waals surface area contributed by atoms with Crippen molar-refractivity contribution in [3.8, 4) is 0 Å². The molecule has 0 bridgehead atoms. The van der Waals surface area contributed by atoms with Gasteiger partial charge in [-0.05, 0) is 38.8 Å². The molecule has 5 nitrogen and oxygen atoms in total. The van der Waals surface area contributed by atoms with Gasteiger partial charge in [0, 0.05) is 5.69 Å². The number of carbonyl (C=O) groups excluding carboxylic acids is 1. The van der Waals surface area contributed by atoms with E-state index >= 15 is 0 Å². The van der Waals surface area contributed by atoms with Gasteiger partial charge in [-0.1, -0.05) is 40.8 Å². The monoisotopic (exact) mass is 322 g/mol. The minimum Gasteiger partial charge on any atom is -0.374 e. The lowest BCUT2D eigenvalue weighted by Gasteiger charge is -2.15. The van der Waals surface area contributed by atoms with E-state index in [9.17, 15) is 4.79 Å². The lowest BCUT2D eigenvalue weighted by molar-refractivity contribution is -0.115. The van der Waals surface area contributed by atoms with Gasteiger partial charge in [-0.3, -0.25) is 4.79 Å². The smallest absolute Gasteiger partial charge is 0.237 e. The summed E-state index contributed by atoms with van der Waals surface area (Å²) in [7, 11) is 0. The highest BCUT2D eigenvalue weighted by atomic mass is 32.2. The van der Waals surface area contributed by atoms with Crippen LogP contribution in [-0.4, -0.2) is 21.4 Å². The molecule has 0 fully saturated rings. The van der Waals surface area contributed by atoms with Gasteiger partial charge < -0.3 is 11.1 Å². The molecule has 0 spiro atoms. The molecule has 1 heterocycles. The van der Waals surface area contributed by atoms with Crippen molar-refractivity contribution in [2.24, 2.45) is 0 Å². The van der Waals surface area contributed by atoms with E-state index in [2.05, 4.69) is 27.6 Å². The average molecular weight is 322 g/mol. The normalized spacial score (nSPS) is 12.2. The molecule has 1 aromatic heterocycles. The fraction of sp³-hybridized carbons (Fsp3) is 0.357. The third-order valence-electron chi connectivity index (χ3n) is 2.99. The number of nitrogens with zero attached hydrogens (tertiary/aromatic N) is 2.